The Kier molecular flexibility index (Phi) is 4.63. The number of carbonyl (C=O) groups is 1. The van der Waals surface area contributed by atoms with E-state index in [1.807, 2.05) is 19.1 Å². The predicted molar refractivity (Wildman–Crippen MR) is 87.3 cm³/mol. The fourth-order valence-corrected chi connectivity index (χ4v) is 2.34. The van der Waals surface area contributed by atoms with Crippen molar-refractivity contribution in [1.29, 1.82) is 0 Å². The van der Waals surface area contributed by atoms with Crippen LogP contribution in [-0.2, 0) is 0 Å². The maximum atomic E-state index is 12.5. The van der Waals surface area contributed by atoms with Gasteiger partial charge in [0, 0.05) is 11.3 Å². The Hall–Kier alpha value is -2.29. The van der Waals surface area contributed by atoms with E-state index in [0.29, 0.717) is 11.3 Å². The summed E-state index contributed by atoms with van der Waals surface area (Å²) in [6, 6.07) is 13.7. The second-order valence-electron chi connectivity index (χ2n) is 5.42. The van der Waals surface area contributed by atoms with Crippen LogP contribution in [0.1, 0.15) is 46.4 Å². The number of nitrogens with two attached hydrogens (primary N) is 1. The van der Waals surface area contributed by atoms with Gasteiger partial charge < -0.3 is 11.1 Å². The summed E-state index contributed by atoms with van der Waals surface area (Å²) in [5.41, 5.74) is 10.3. The van der Waals surface area contributed by atoms with Crippen molar-refractivity contribution >= 4 is 11.6 Å². The van der Waals surface area contributed by atoms with Gasteiger partial charge in [0.25, 0.3) is 5.91 Å². The van der Waals surface area contributed by atoms with Crippen molar-refractivity contribution in [2.24, 2.45) is 0 Å². The van der Waals surface area contributed by atoms with Gasteiger partial charge in [-0.3, -0.25) is 4.79 Å². The molecule has 0 aliphatic carbocycles. The van der Waals surface area contributed by atoms with Crippen LogP contribution >= 0.6 is 0 Å². The third-order valence-corrected chi connectivity index (χ3v) is 3.70. The Balaban J connectivity index is 2.20. The Morgan fingerprint density at radius 2 is 1.81 bits per heavy atom. The predicted octanol–water partition coefficient (Wildman–Crippen LogP) is 3.77. The number of nitrogen functional groups attached to an aromatic ring is 1. The molecule has 2 aromatic rings. The topological polar surface area (TPSA) is 55.1 Å². The van der Waals surface area contributed by atoms with Gasteiger partial charge in [0.15, 0.2) is 0 Å². The maximum Gasteiger partial charge on any atom is 0.252 e. The summed E-state index contributed by atoms with van der Waals surface area (Å²) >= 11 is 0. The zero-order chi connectivity index (χ0) is 15.4. The van der Waals surface area contributed by atoms with Gasteiger partial charge in [-0.1, -0.05) is 42.8 Å². The van der Waals surface area contributed by atoms with E-state index in [1.165, 1.54) is 5.56 Å². The average Bonchev–Trinajstić information content (AvgIpc) is 2.48. The van der Waals surface area contributed by atoms with E-state index in [2.05, 4.69) is 43.4 Å². The van der Waals surface area contributed by atoms with E-state index in [9.17, 15) is 4.79 Å². The average molecular weight is 282 g/mol. The molecule has 0 spiro atoms. The highest BCUT2D eigenvalue weighted by Gasteiger charge is 2.15. The minimum Gasteiger partial charge on any atom is -0.399 e. The van der Waals surface area contributed by atoms with Crippen LogP contribution in [0.2, 0.25) is 0 Å². The van der Waals surface area contributed by atoms with Crippen molar-refractivity contribution in [3.8, 4) is 0 Å². The third kappa shape index (κ3) is 3.63. The largest absolute Gasteiger partial charge is 0.399 e. The molecule has 2 aromatic carbocycles. The number of aryl methyl sites for hydroxylation is 2. The van der Waals surface area contributed by atoms with Gasteiger partial charge >= 0.3 is 0 Å². The molecular formula is C18H22N2O. The Bertz CT molecular complexity index is 632. The monoisotopic (exact) mass is 282 g/mol. The van der Waals surface area contributed by atoms with Gasteiger partial charge in [-0.15, -0.1) is 0 Å². The van der Waals surface area contributed by atoms with E-state index in [-0.39, 0.29) is 11.9 Å². The van der Waals surface area contributed by atoms with Crippen LogP contribution in [0.4, 0.5) is 5.69 Å². The molecule has 0 saturated carbocycles. The lowest BCUT2D eigenvalue weighted by Gasteiger charge is -2.18. The van der Waals surface area contributed by atoms with E-state index < -0.39 is 0 Å². The number of hydrogen-bond donors (Lipinski definition) is 2. The lowest BCUT2D eigenvalue weighted by atomic mass is 10.0. The molecule has 0 aliphatic heterocycles. The second kappa shape index (κ2) is 6.44. The number of benzene rings is 2. The highest BCUT2D eigenvalue weighted by atomic mass is 16.1. The number of rotatable bonds is 4. The molecular weight excluding hydrogens is 260 g/mol. The third-order valence-electron chi connectivity index (χ3n) is 3.70. The van der Waals surface area contributed by atoms with Gasteiger partial charge in [0.2, 0.25) is 0 Å². The quantitative estimate of drug-likeness (QED) is 0.839. The highest BCUT2D eigenvalue weighted by Crippen LogP contribution is 2.19. The van der Waals surface area contributed by atoms with E-state index in [4.69, 9.17) is 5.73 Å². The normalized spacial score (nSPS) is 12.0. The molecule has 1 amide bonds. The fraction of sp³-hybridized carbons (Fsp3) is 0.278. The van der Waals surface area contributed by atoms with Crippen molar-refractivity contribution in [2.75, 3.05) is 5.73 Å². The number of amides is 1. The Morgan fingerprint density at radius 3 is 2.43 bits per heavy atom. The lowest BCUT2D eigenvalue weighted by Crippen LogP contribution is -2.28. The molecule has 3 N–H and O–H groups in total. The molecule has 3 heteroatoms. The van der Waals surface area contributed by atoms with Gasteiger partial charge in [0.1, 0.15) is 0 Å². The van der Waals surface area contributed by atoms with E-state index in [0.717, 1.165) is 17.5 Å². The number of anilines is 1. The van der Waals surface area contributed by atoms with Crippen LogP contribution in [0.3, 0.4) is 0 Å². The number of carbonyl (C=O) groups excluding carboxylic acids is 1. The van der Waals surface area contributed by atoms with Crippen LogP contribution in [0, 0.1) is 13.8 Å². The Morgan fingerprint density at radius 1 is 1.14 bits per heavy atom. The molecule has 21 heavy (non-hydrogen) atoms. The summed E-state index contributed by atoms with van der Waals surface area (Å²) in [6.07, 6.45) is 0.843. The smallest absolute Gasteiger partial charge is 0.252 e. The van der Waals surface area contributed by atoms with Crippen molar-refractivity contribution < 1.29 is 4.79 Å². The molecule has 2 rings (SSSR count). The van der Waals surface area contributed by atoms with Crippen LogP contribution in [0.15, 0.2) is 42.5 Å². The molecule has 0 bridgehead atoms. The van der Waals surface area contributed by atoms with E-state index in [1.54, 1.807) is 6.07 Å². The summed E-state index contributed by atoms with van der Waals surface area (Å²) in [5, 5.41) is 3.09. The first-order valence-corrected chi connectivity index (χ1v) is 7.24. The molecule has 0 heterocycles. The first-order chi connectivity index (χ1) is 10.0. The molecule has 0 saturated heterocycles. The summed E-state index contributed by atoms with van der Waals surface area (Å²) in [7, 11) is 0. The lowest BCUT2D eigenvalue weighted by molar-refractivity contribution is 0.0935. The van der Waals surface area contributed by atoms with Crippen molar-refractivity contribution in [3.63, 3.8) is 0 Å². The molecule has 0 aromatic heterocycles. The van der Waals surface area contributed by atoms with Crippen LogP contribution in [0.5, 0.6) is 0 Å². The molecule has 0 radical (unpaired) electrons. The summed E-state index contributed by atoms with van der Waals surface area (Å²) < 4.78 is 0. The number of hydrogen-bond acceptors (Lipinski definition) is 2. The van der Waals surface area contributed by atoms with Gasteiger partial charge in [-0.05, 0) is 43.5 Å². The van der Waals surface area contributed by atoms with E-state index >= 15 is 0 Å². The molecule has 110 valence electrons. The molecule has 3 nitrogen and oxygen atoms in total. The minimum absolute atomic E-state index is 0.0129. The zero-order valence-electron chi connectivity index (χ0n) is 12.8. The van der Waals surface area contributed by atoms with Gasteiger partial charge in [-0.2, -0.15) is 0 Å². The summed E-state index contributed by atoms with van der Waals surface area (Å²) in [6.45, 7) is 6.04. The fourth-order valence-electron chi connectivity index (χ4n) is 2.34. The molecule has 0 fully saturated rings. The van der Waals surface area contributed by atoms with Gasteiger partial charge in [-0.25, -0.2) is 0 Å². The first kappa shape index (κ1) is 15.1. The molecule has 1 atom stereocenters. The standard InChI is InChI=1S/C18H22N2O/c1-4-17(14-8-5-12(2)6-9-14)20-18(21)16-11-15(19)10-7-13(16)3/h5-11,17H,4,19H2,1-3H3,(H,20,21). The molecule has 0 aliphatic rings. The maximum absolute atomic E-state index is 12.5. The first-order valence-electron chi connectivity index (χ1n) is 7.24. The number of nitrogens with one attached hydrogen (secondary N) is 1. The highest BCUT2D eigenvalue weighted by molar-refractivity contribution is 5.96. The van der Waals surface area contributed by atoms with Crippen LogP contribution in [-0.4, -0.2) is 5.91 Å². The summed E-state index contributed by atoms with van der Waals surface area (Å²) in [5.74, 6) is -0.0766. The molecule has 1 unspecified atom stereocenters. The van der Waals surface area contributed by atoms with Crippen molar-refractivity contribution in [3.05, 3.63) is 64.7 Å². The van der Waals surface area contributed by atoms with Crippen molar-refractivity contribution in [2.45, 2.75) is 33.2 Å². The van der Waals surface area contributed by atoms with Crippen molar-refractivity contribution in [1.82, 2.24) is 5.32 Å². The Labute approximate surface area is 126 Å². The summed E-state index contributed by atoms with van der Waals surface area (Å²) in [4.78, 5) is 12.5. The van der Waals surface area contributed by atoms with Gasteiger partial charge in [0.05, 0.1) is 6.04 Å². The second-order valence-corrected chi connectivity index (χ2v) is 5.42. The van der Waals surface area contributed by atoms with Crippen LogP contribution < -0.4 is 11.1 Å². The van der Waals surface area contributed by atoms with Crippen LogP contribution in [0.25, 0.3) is 0 Å². The SMILES string of the molecule is CCC(NC(=O)c1cc(N)ccc1C)c1ccc(C)cc1. The zero-order valence-corrected chi connectivity index (χ0v) is 12.8. The minimum atomic E-state index is -0.0766.